The lowest BCUT2D eigenvalue weighted by Crippen LogP contribution is -2.38. The quantitative estimate of drug-likeness (QED) is 0.904. The van der Waals surface area contributed by atoms with Crippen molar-refractivity contribution in [3.63, 3.8) is 0 Å². The van der Waals surface area contributed by atoms with Crippen LogP contribution in [0.3, 0.4) is 0 Å². The molecule has 1 saturated heterocycles. The fraction of sp³-hybridized carbons (Fsp3) is 0.467. The van der Waals surface area contributed by atoms with Gasteiger partial charge in [-0.05, 0) is 25.0 Å². The molecule has 0 atom stereocenters. The minimum absolute atomic E-state index is 0.165. The van der Waals surface area contributed by atoms with E-state index in [1.54, 1.807) is 6.92 Å². The summed E-state index contributed by atoms with van der Waals surface area (Å²) in [6.07, 6.45) is 1.93. The fourth-order valence-electron chi connectivity index (χ4n) is 3.08. The molecule has 0 radical (unpaired) electrons. The van der Waals surface area contributed by atoms with E-state index in [1.807, 2.05) is 23.1 Å². The normalized spacial score (nSPS) is 16.8. The number of carbonyl (C=O) groups is 1. The zero-order valence-electron chi connectivity index (χ0n) is 11.7. The van der Waals surface area contributed by atoms with Crippen LogP contribution >= 0.6 is 0 Å². The van der Waals surface area contributed by atoms with Crippen molar-refractivity contribution in [2.45, 2.75) is 32.4 Å². The van der Waals surface area contributed by atoms with Gasteiger partial charge in [0.05, 0.1) is 17.6 Å². The van der Waals surface area contributed by atoms with Crippen LogP contribution in [0, 0.1) is 0 Å². The summed E-state index contributed by atoms with van der Waals surface area (Å²) >= 11 is 0. The molecule has 2 heterocycles. The third kappa shape index (κ3) is 2.18. The number of hydrogen-bond acceptors (Lipinski definition) is 3. The summed E-state index contributed by atoms with van der Waals surface area (Å²) in [4.78, 5) is 17.9. The molecule has 0 saturated carbocycles. The molecule has 0 unspecified atom stereocenters. The molecule has 3 rings (SSSR count). The number of rotatable bonds is 2. The Labute approximate surface area is 118 Å². The lowest BCUT2D eigenvalue weighted by atomic mass is 10.0. The molecule has 1 aliphatic heterocycles. The molecule has 0 bridgehead atoms. The minimum atomic E-state index is 0.165. The number of nitrogens with two attached hydrogens (primary N) is 1. The molecule has 5 nitrogen and oxygen atoms in total. The zero-order chi connectivity index (χ0) is 14.1. The summed E-state index contributed by atoms with van der Waals surface area (Å²) < 4.78 is 2.27. The Morgan fingerprint density at radius 2 is 2.05 bits per heavy atom. The minimum Gasteiger partial charge on any atom is -0.343 e. The van der Waals surface area contributed by atoms with Crippen LogP contribution in [-0.2, 0) is 11.3 Å². The first-order chi connectivity index (χ1) is 9.70. The number of para-hydroxylation sites is 2. The van der Waals surface area contributed by atoms with E-state index < -0.39 is 0 Å². The van der Waals surface area contributed by atoms with Gasteiger partial charge in [-0.2, -0.15) is 0 Å². The summed E-state index contributed by atoms with van der Waals surface area (Å²) in [7, 11) is 0. The van der Waals surface area contributed by atoms with Gasteiger partial charge >= 0.3 is 0 Å². The molecule has 5 heteroatoms. The topological polar surface area (TPSA) is 64.2 Å². The standard InChI is InChI=1S/C15H20N4O/c1-11(20)18-8-6-12(7-9-18)19-14-5-3-2-4-13(14)17-15(19)10-16/h2-5,12H,6-10,16H2,1H3. The maximum atomic E-state index is 11.4. The van der Waals surface area contributed by atoms with Crippen molar-refractivity contribution in [2.24, 2.45) is 5.73 Å². The highest BCUT2D eigenvalue weighted by molar-refractivity contribution is 5.76. The SMILES string of the molecule is CC(=O)N1CCC(n2c(CN)nc3ccccc32)CC1. The van der Waals surface area contributed by atoms with Gasteiger partial charge in [0.15, 0.2) is 0 Å². The van der Waals surface area contributed by atoms with Gasteiger partial charge in [0.25, 0.3) is 0 Å². The van der Waals surface area contributed by atoms with Crippen LogP contribution in [-0.4, -0.2) is 33.4 Å². The first kappa shape index (κ1) is 13.1. The summed E-state index contributed by atoms with van der Waals surface area (Å²) in [6, 6.07) is 8.54. The second-order valence-electron chi connectivity index (χ2n) is 5.33. The molecule has 2 aromatic rings. The van der Waals surface area contributed by atoms with Crippen molar-refractivity contribution in [3.05, 3.63) is 30.1 Å². The highest BCUT2D eigenvalue weighted by Crippen LogP contribution is 2.28. The number of carbonyl (C=O) groups excluding carboxylic acids is 1. The van der Waals surface area contributed by atoms with Crippen molar-refractivity contribution in [2.75, 3.05) is 13.1 Å². The monoisotopic (exact) mass is 272 g/mol. The van der Waals surface area contributed by atoms with Gasteiger partial charge in [0.1, 0.15) is 5.82 Å². The molecule has 1 aromatic heterocycles. The van der Waals surface area contributed by atoms with Gasteiger partial charge in [-0.15, -0.1) is 0 Å². The lowest BCUT2D eigenvalue weighted by Gasteiger charge is -2.33. The van der Waals surface area contributed by atoms with Gasteiger partial charge < -0.3 is 15.2 Å². The molecule has 2 N–H and O–H groups in total. The highest BCUT2D eigenvalue weighted by Gasteiger charge is 2.24. The van der Waals surface area contributed by atoms with E-state index in [0.29, 0.717) is 12.6 Å². The van der Waals surface area contributed by atoms with Gasteiger partial charge in [0.2, 0.25) is 5.91 Å². The maximum Gasteiger partial charge on any atom is 0.219 e. The number of hydrogen-bond donors (Lipinski definition) is 1. The van der Waals surface area contributed by atoms with E-state index in [2.05, 4.69) is 15.6 Å². The molecular formula is C15H20N4O. The molecular weight excluding hydrogens is 252 g/mol. The molecule has 1 aliphatic rings. The second kappa shape index (κ2) is 5.25. The van der Waals surface area contributed by atoms with Gasteiger partial charge in [-0.25, -0.2) is 4.98 Å². The Morgan fingerprint density at radius 3 is 2.70 bits per heavy atom. The number of imidazole rings is 1. The van der Waals surface area contributed by atoms with E-state index in [4.69, 9.17) is 5.73 Å². The van der Waals surface area contributed by atoms with Crippen molar-refractivity contribution in [1.82, 2.24) is 14.5 Å². The van der Waals surface area contributed by atoms with Gasteiger partial charge in [-0.3, -0.25) is 4.79 Å². The number of piperidine rings is 1. The molecule has 1 fully saturated rings. The summed E-state index contributed by atoms with van der Waals surface area (Å²) in [5.41, 5.74) is 8.00. The number of amides is 1. The van der Waals surface area contributed by atoms with Gasteiger partial charge in [-0.1, -0.05) is 12.1 Å². The molecule has 20 heavy (non-hydrogen) atoms. The number of nitrogens with zero attached hydrogens (tertiary/aromatic N) is 3. The number of fused-ring (bicyclic) bond motifs is 1. The van der Waals surface area contributed by atoms with Crippen LogP contribution < -0.4 is 5.73 Å². The third-order valence-electron chi connectivity index (χ3n) is 4.13. The van der Waals surface area contributed by atoms with Crippen molar-refractivity contribution < 1.29 is 4.79 Å². The average molecular weight is 272 g/mol. The first-order valence-corrected chi connectivity index (χ1v) is 7.12. The number of benzene rings is 1. The van der Waals surface area contributed by atoms with Crippen molar-refractivity contribution in [3.8, 4) is 0 Å². The Morgan fingerprint density at radius 1 is 1.35 bits per heavy atom. The molecule has 0 aliphatic carbocycles. The predicted molar refractivity (Wildman–Crippen MR) is 78.1 cm³/mol. The van der Waals surface area contributed by atoms with Gasteiger partial charge in [0, 0.05) is 26.1 Å². The van der Waals surface area contributed by atoms with Crippen LogP contribution in [0.4, 0.5) is 0 Å². The Bertz CT molecular complexity index is 626. The lowest BCUT2D eigenvalue weighted by molar-refractivity contribution is -0.130. The third-order valence-corrected chi connectivity index (χ3v) is 4.13. The fourth-order valence-corrected chi connectivity index (χ4v) is 3.08. The van der Waals surface area contributed by atoms with Crippen molar-refractivity contribution in [1.29, 1.82) is 0 Å². The summed E-state index contributed by atoms with van der Waals surface area (Å²) in [5.74, 6) is 1.10. The Hall–Kier alpha value is -1.88. The number of aromatic nitrogens is 2. The number of likely N-dealkylation sites (tertiary alicyclic amines) is 1. The van der Waals surface area contributed by atoms with E-state index >= 15 is 0 Å². The molecule has 0 spiro atoms. The average Bonchev–Trinajstić information content (AvgIpc) is 2.85. The van der Waals surface area contributed by atoms with Crippen LogP contribution in [0.5, 0.6) is 0 Å². The smallest absolute Gasteiger partial charge is 0.219 e. The van der Waals surface area contributed by atoms with E-state index in [-0.39, 0.29) is 5.91 Å². The summed E-state index contributed by atoms with van der Waals surface area (Å²) in [5, 5.41) is 0. The van der Waals surface area contributed by atoms with Crippen molar-refractivity contribution >= 4 is 16.9 Å². The van der Waals surface area contributed by atoms with E-state index in [1.165, 1.54) is 0 Å². The second-order valence-corrected chi connectivity index (χ2v) is 5.33. The molecule has 1 aromatic carbocycles. The van der Waals surface area contributed by atoms with Crippen LogP contribution in [0.2, 0.25) is 0 Å². The highest BCUT2D eigenvalue weighted by atomic mass is 16.2. The first-order valence-electron chi connectivity index (χ1n) is 7.12. The zero-order valence-corrected chi connectivity index (χ0v) is 11.7. The largest absolute Gasteiger partial charge is 0.343 e. The van der Waals surface area contributed by atoms with Crippen LogP contribution in [0.25, 0.3) is 11.0 Å². The van der Waals surface area contributed by atoms with E-state index in [9.17, 15) is 4.79 Å². The molecule has 106 valence electrons. The predicted octanol–water partition coefficient (Wildman–Crippen LogP) is 1.68. The van der Waals surface area contributed by atoms with Crippen LogP contribution in [0.15, 0.2) is 24.3 Å². The van der Waals surface area contributed by atoms with Crippen LogP contribution in [0.1, 0.15) is 31.6 Å². The summed E-state index contributed by atoms with van der Waals surface area (Å²) in [6.45, 7) is 3.72. The Balaban J connectivity index is 1.92. The molecule has 1 amide bonds. The Kier molecular flexibility index (Phi) is 3.44. The van der Waals surface area contributed by atoms with E-state index in [0.717, 1.165) is 42.8 Å². The maximum absolute atomic E-state index is 11.4.